The number of hydrogen-bond donors (Lipinski definition) is 1. The smallest absolute Gasteiger partial charge is 0.444 e. The number of pyridine rings is 1. The molecule has 0 aliphatic carbocycles. The first-order chi connectivity index (χ1) is 22.4. The summed E-state index contributed by atoms with van der Waals surface area (Å²) in [5.74, 6) is 0.939. The van der Waals surface area contributed by atoms with Crippen molar-refractivity contribution in [3.63, 3.8) is 0 Å². The van der Waals surface area contributed by atoms with Crippen molar-refractivity contribution in [2.45, 2.75) is 117 Å². The Morgan fingerprint density at radius 3 is 2.33 bits per heavy atom. The van der Waals surface area contributed by atoms with Gasteiger partial charge in [-0.25, -0.2) is 14.8 Å². The monoisotopic (exact) mass is 672 g/mol. The minimum Gasteiger partial charge on any atom is -0.444 e. The van der Waals surface area contributed by atoms with Gasteiger partial charge < -0.3 is 24.1 Å². The van der Waals surface area contributed by atoms with Crippen LogP contribution in [0.2, 0.25) is 25.7 Å². The van der Waals surface area contributed by atoms with Crippen LogP contribution in [0.3, 0.4) is 0 Å². The second-order valence-electron chi connectivity index (χ2n) is 16.2. The van der Waals surface area contributed by atoms with Crippen molar-refractivity contribution in [2.24, 2.45) is 0 Å². The fraction of sp³-hybridized carbons (Fsp3) is 0.541. The van der Waals surface area contributed by atoms with Gasteiger partial charge in [0.25, 0.3) is 0 Å². The number of nitrogens with one attached hydrogen (secondary N) is 1. The van der Waals surface area contributed by atoms with Crippen LogP contribution in [0.4, 0.5) is 4.79 Å². The number of fused-ring (bicyclic) bond motifs is 2. The number of rotatable bonds is 12. The zero-order valence-electron chi connectivity index (χ0n) is 30.5. The molecule has 0 radical (unpaired) electrons. The summed E-state index contributed by atoms with van der Waals surface area (Å²) in [6.07, 6.45) is 3.96. The van der Waals surface area contributed by atoms with Gasteiger partial charge in [-0.05, 0) is 101 Å². The Morgan fingerprint density at radius 1 is 0.958 bits per heavy atom. The molecule has 11 heteroatoms. The largest absolute Gasteiger partial charge is 0.494 e. The van der Waals surface area contributed by atoms with Gasteiger partial charge in [-0.1, -0.05) is 50.0 Å². The van der Waals surface area contributed by atoms with E-state index in [4.69, 9.17) is 28.8 Å². The molecular weight excluding hydrogens is 619 g/mol. The number of aromatic nitrogens is 3. The van der Waals surface area contributed by atoms with Crippen LogP contribution >= 0.6 is 0 Å². The first-order valence-electron chi connectivity index (χ1n) is 17.2. The summed E-state index contributed by atoms with van der Waals surface area (Å²) in [7, 11) is -1.60. The molecule has 0 spiro atoms. The van der Waals surface area contributed by atoms with Crippen molar-refractivity contribution in [1.82, 2.24) is 19.9 Å². The van der Waals surface area contributed by atoms with E-state index >= 15 is 0 Å². The summed E-state index contributed by atoms with van der Waals surface area (Å²) in [6, 6.07) is 16.1. The molecule has 3 heterocycles. The first kappa shape index (κ1) is 36.0. The van der Waals surface area contributed by atoms with Crippen LogP contribution < -0.4 is 10.8 Å². The molecule has 1 saturated heterocycles. The van der Waals surface area contributed by atoms with Gasteiger partial charge in [-0.15, -0.1) is 0 Å². The molecule has 2 aromatic heterocycles. The topological polar surface area (TPSA) is 96.7 Å². The van der Waals surface area contributed by atoms with Gasteiger partial charge in [-0.3, -0.25) is 4.57 Å². The van der Waals surface area contributed by atoms with Crippen molar-refractivity contribution in [1.29, 1.82) is 0 Å². The number of unbranched alkanes of at least 4 members (excludes halogenated alkanes) is 1. The molecule has 0 atom stereocenters. The molecule has 258 valence electrons. The molecular formula is C37H53BN4O5Si. The van der Waals surface area contributed by atoms with Gasteiger partial charge >= 0.3 is 13.2 Å². The number of benzene rings is 2. The second kappa shape index (κ2) is 13.9. The highest BCUT2D eigenvalue weighted by atomic mass is 28.3. The summed E-state index contributed by atoms with van der Waals surface area (Å²) < 4.78 is 26.2. The Morgan fingerprint density at radius 2 is 1.65 bits per heavy atom. The molecule has 1 aliphatic rings. The van der Waals surface area contributed by atoms with Crippen LogP contribution in [0.5, 0.6) is 0 Å². The maximum Gasteiger partial charge on any atom is 0.494 e. The van der Waals surface area contributed by atoms with E-state index in [1.807, 2.05) is 27.0 Å². The first-order valence-corrected chi connectivity index (χ1v) is 20.9. The van der Waals surface area contributed by atoms with E-state index in [1.54, 1.807) is 0 Å². The molecule has 4 aromatic rings. The van der Waals surface area contributed by atoms with E-state index in [0.717, 1.165) is 76.3 Å². The van der Waals surface area contributed by atoms with Gasteiger partial charge in [-0.2, -0.15) is 0 Å². The van der Waals surface area contributed by atoms with Crippen LogP contribution in [0.1, 0.15) is 67.1 Å². The minimum absolute atomic E-state index is 0.381. The summed E-state index contributed by atoms with van der Waals surface area (Å²) in [6.45, 7) is 22.6. The van der Waals surface area contributed by atoms with E-state index in [9.17, 15) is 4.79 Å². The summed E-state index contributed by atoms with van der Waals surface area (Å²) in [5.41, 5.74) is 3.50. The van der Waals surface area contributed by atoms with Gasteiger partial charge in [0.1, 0.15) is 23.7 Å². The minimum atomic E-state index is -1.21. The lowest BCUT2D eigenvalue weighted by Crippen LogP contribution is -2.41. The lowest BCUT2D eigenvalue weighted by atomic mass is 9.78. The molecule has 5 rings (SSSR count). The standard InChI is InChI=1S/C37H53BN4O5Si/c1-35(2,3)45-34(43)39-18-12-11-13-32-41-31-23-29(24-40-33(31)42(32)25-44-19-20-48(8,9)10)27-14-15-28-22-30(17-16-26(28)21-27)38-46-36(4,5)37(6,7)47-38/h14-17,21-24H,11-13,18-20,25H2,1-10H3,(H,39,43). The third kappa shape index (κ3) is 8.85. The van der Waals surface area contributed by atoms with Crippen LogP contribution in [-0.2, 0) is 31.9 Å². The Labute approximate surface area is 287 Å². The van der Waals surface area contributed by atoms with E-state index in [2.05, 4.69) is 99.7 Å². The molecule has 48 heavy (non-hydrogen) atoms. The van der Waals surface area contributed by atoms with Crippen molar-refractivity contribution < 1.29 is 23.6 Å². The average molecular weight is 673 g/mol. The van der Waals surface area contributed by atoms with Crippen molar-refractivity contribution in [3.05, 3.63) is 54.5 Å². The molecule has 1 N–H and O–H groups in total. The fourth-order valence-corrected chi connectivity index (χ4v) is 6.32. The average Bonchev–Trinajstić information content (AvgIpc) is 3.43. The fourth-order valence-electron chi connectivity index (χ4n) is 5.56. The highest BCUT2D eigenvalue weighted by Crippen LogP contribution is 2.37. The Hall–Kier alpha value is -3.25. The zero-order valence-corrected chi connectivity index (χ0v) is 31.5. The number of aryl methyl sites for hydroxylation is 1. The third-order valence-corrected chi connectivity index (χ3v) is 10.8. The Bertz CT molecular complexity index is 1740. The van der Waals surface area contributed by atoms with Crippen molar-refractivity contribution in [2.75, 3.05) is 13.2 Å². The second-order valence-corrected chi connectivity index (χ2v) is 21.8. The molecule has 2 aromatic carbocycles. The maximum absolute atomic E-state index is 12.0. The van der Waals surface area contributed by atoms with Crippen molar-refractivity contribution >= 4 is 48.7 Å². The predicted molar refractivity (Wildman–Crippen MR) is 197 cm³/mol. The van der Waals surface area contributed by atoms with Gasteiger partial charge in [0.15, 0.2) is 5.65 Å². The molecule has 0 unspecified atom stereocenters. The zero-order chi connectivity index (χ0) is 34.9. The van der Waals surface area contributed by atoms with Crippen LogP contribution in [0.25, 0.3) is 33.1 Å². The number of amides is 1. The Kier molecular flexibility index (Phi) is 10.5. The number of hydrogen-bond acceptors (Lipinski definition) is 7. The molecule has 9 nitrogen and oxygen atoms in total. The van der Waals surface area contributed by atoms with Gasteiger partial charge in [0, 0.05) is 39.4 Å². The SMILES string of the molecule is CC(C)(C)OC(=O)NCCCCc1nc2cc(-c3ccc4cc(B5OC(C)(C)C(C)(C)O5)ccc4c3)cnc2n1COCC[Si](C)(C)C. The van der Waals surface area contributed by atoms with E-state index < -0.39 is 20.8 Å². The highest BCUT2D eigenvalue weighted by molar-refractivity contribution is 6.76. The summed E-state index contributed by atoms with van der Waals surface area (Å²) >= 11 is 0. The number of imidazole rings is 1. The number of alkyl carbamates (subject to hydrolysis) is 1. The third-order valence-electron chi connectivity index (χ3n) is 9.10. The van der Waals surface area contributed by atoms with Crippen LogP contribution in [-0.4, -0.2) is 65.8 Å². The molecule has 0 bridgehead atoms. The Balaban J connectivity index is 1.32. The quantitative estimate of drug-likeness (QED) is 0.122. The van der Waals surface area contributed by atoms with Crippen molar-refractivity contribution in [3.8, 4) is 11.1 Å². The van der Waals surface area contributed by atoms with E-state index in [1.165, 1.54) is 0 Å². The van der Waals surface area contributed by atoms with E-state index in [-0.39, 0.29) is 17.3 Å². The maximum atomic E-state index is 12.0. The molecule has 1 aliphatic heterocycles. The molecule has 1 fully saturated rings. The number of ether oxygens (including phenoxy) is 2. The number of nitrogens with zero attached hydrogens (tertiary/aromatic N) is 3. The van der Waals surface area contributed by atoms with Gasteiger partial charge in [0.2, 0.25) is 0 Å². The number of carbonyl (C=O) groups excluding carboxylic acids is 1. The molecule has 0 saturated carbocycles. The summed E-state index contributed by atoms with van der Waals surface area (Å²) in [4.78, 5) is 22.0. The van der Waals surface area contributed by atoms with Gasteiger partial charge in [0.05, 0.1) is 11.2 Å². The van der Waals surface area contributed by atoms with Crippen LogP contribution in [0, 0.1) is 0 Å². The highest BCUT2D eigenvalue weighted by Gasteiger charge is 2.51. The van der Waals surface area contributed by atoms with E-state index in [0.29, 0.717) is 13.3 Å². The normalized spacial score (nSPS) is 16.2. The van der Waals surface area contributed by atoms with Crippen LogP contribution in [0.15, 0.2) is 48.7 Å². The number of carbonyl (C=O) groups is 1. The summed E-state index contributed by atoms with van der Waals surface area (Å²) in [5, 5.41) is 5.11. The lowest BCUT2D eigenvalue weighted by molar-refractivity contribution is 0.00578. The molecule has 1 amide bonds. The lowest BCUT2D eigenvalue weighted by Gasteiger charge is -2.32. The predicted octanol–water partition coefficient (Wildman–Crippen LogP) is 7.71.